The summed E-state index contributed by atoms with van der Waals surface area (Å²) in [7, 11) is 0. The SMILES string of the molecule is CC(Cl)C(=O)c1ccc(S)cc1N. The van der Waals surface area contributed by atoms with Crippen LogP contribution >= 0.6 is 24.2 Å². The van der Waals surface area contributed by atoms with Crippen LogP contribution < -0.4 is 5.73 Å². The fourth-order valence-corrected chi connectivity index (χ4v) is 1.32. The number of anilines is 1. The second-order valence-corrected chi connectivity index (χ2v) is 3.92. The Morgan fingerprint density at radius 1 is 1.62 bits per heavy atom. The van der Waals surface area contributed by atoms with E-state index < -0.39 is 5.38 Å². The molecule has 0 aliphatic heterocycles. The molecular formula is C9H10ClNOS. The number of carbonyl (C=O) groups excluding carboxylic acids is 1. The summed E-state index contributed by atoms with van der Waals surface area (Å²) in [5, 5.41) is -0.548. The topological polar surface area (TPSA) is 43.1 Å². The molecule has 0 heterocycles. The van der Waals surface area contributed by atoms with E-state index in [1.165, 1.54) is 0 Å². The normalized spacial score (nSPS) is 12.5. The number of ketones is 1. The first-order valence-electron chi connectivity index (χ1n) is 3.79. The summed E-state index contributed by atoms with van der Waals surface area (Å²) in [4.78, 5) is 12.2. The average Bonchev–Trinajstić information content (AvgIpc) is 2.03. The highest BCUT2D eigenvalue weighted by Gasteiger charge is 2.14. The van der Waals surface area contributed by atoms with Crippen molar-refractivity contribution in [2.45, 2.75) is 17.2 Å². The number of benzene rings is 1. The number of rotatable bonds is 2. The molecule has 1 atom stereocenters. The Balaban J connectivity index is 3.09. The van der Waals surface area contributed by atoms with E-state index in [0.717, 1.165) is 4.90 Å². The van der Waals surface area contributed by atoms with Gasteiger partial charge in [-0.3, -0.25) is 4.79 Å². The standard InChI is InChI=1S/C9H10ClNOS/c1-5(10)9(12)7-3-2-6(13)4-8(7)11/h2-5,13H,11H2,1H3. The van der Waals surface area contributed by atoms with Gasteiger partial charge in [-0.2, -0.15) is 0 Å². The van der Waals surface area contributed by atoms with E-state index in [4.69, 9.17) is 17.3 Å². The molecule has 0 saturated heterocycles. The Labute approximate surface area is 87.5 Å². The lowest BCUT2D eigenvalue weighted by atomic mass is 10.1. The summed E-state index contributed by atoms with van der Waals surface area (Å²) in [5.41, 5.74) is 6.51. The van der Waals surface area contributed by atoms with Gasteiger partial charge in [0.25, 0.3) is 0 Å². The molecule has 1 aromatic carbocycles. The van der Waals surface area contributed by atoms with E-state index in [2.05, 4.69) is 12.6 Å². The largest absolute Gasteiger partial charge is 0.398 e. The Morgan fingerprint density at radius 3 is 2.69 bits per heavy atom. The van der Waals surface area contributed by atoms with Crippen LogP contribution in [0.5, 0.6) is 0 Å². The summed E-state index contributed by atoms with van der Waals surface area (Å²) in [6.07, 6.45) is 0. The van der Waals surface area contributed by atoms with Crippen molar-refractivity contribution in [1.82, 2.24) is 0 Å². The lowest BCUT2D eigenvalue weighted by molar-refractivity contribution is 0.0992. The Hall–Kier alpha value is -0.670. The molecule has 70 valence electrons. The van der Waals surface area contributed by atoms with Crippen molar-refractivity contribution >= 4 is 35.7 Å². The summed E-state index contributed by atoms with van der Waals surface area (Å²) < 4.78 is 0. The van der Waals surface area contributed by atoms with E-state index in [1.807, 2.05) is 0 Å². The van der Waals surface area contributed by atoms with Gasteiger partial charge in [0, 0.05) is 16.1 Å². The molecule has 0 aromatic heterocycles. The monoisotopic (exact) mass is 215 g/mol. The van der Waals surface area contributed by atoms with Crippen LogP contribution in [-0.2, 0) is 0 Å². The summed E-state index contributed by atoms with van der Waals surface area (Å²) >= 11 is 9.75. The molecule has 0 saturated carbocycles. The number of alkyl halides is 1. The molecule has 0 fully saturated rings. The molecule has 0 spiro atoms. The molecule has 1 aromatic rings. The first-order valence-corrected chi connectivity index (χ1v) is 4.67. The van der Waals surface area contributed by atoms with E-state index >= 15 is 0 Å². The predicted molar refractivity (Wildman–Crippen MR) is 57.8 cm³/mol. The molecule has 0 aliphatic carbocycles. The number of nitrogen functional groups attached to an aromatic ring is 1. The van der Waals surface area contributed by atoms with Gasteiger partial charge < -0.3 is 5.73 Å². The number of carbonyl (C=O) groups is 1. The third-order valence-corrected chi connectivity index (χ3v) is 2.14. The van der Waals surface area contributed by atoms with Gasteiger partial charge in [0.2, 0.25) is 0 Å². The maximum absolute atomic E-state index is 11.4. The number of hydrogen-bond acceptors (Lipinski definition) is 3. The quantitative estimate of drug-likeness (QED) is 0.344. The lowest BCUT2D eigenvalue weighted by Crippen LogP contribution is -2.12. The zero-order chi connectivity index (χ0) is 10.0. The van der Waals surface area contributed by atoms with E-state index in [1.54, 1.807) is 25.1 Å². The smallest absolute Gasteiger partial charge is 0.182 e. The molecule has 2 N–H and O–H groups in total. The number of thiol groups is 1. The van der Waals surface area contributed by atoms with Gasteiger partial charge >= 0.3 is 0 Å². The average molecular weight is 216 g/mol. The third kappa shape index (κ3) is 2.39. The van der Waals surface area contributed by atoms with Crippen molar-refractivity contribution in [1.29, 1.82) is 0 Å². The first kappa shape index (κ1) is 10.4. The van der Waals surface area contributed by atoms with E-state index in [9.17, 15) is 4.79 Å². The summed E-state index contributed by atoms with van der Waals surface area (Å²) in [6.45, 7) is 1.62. The van der Waals surface area contributed by atoms with Crippen LogP contribution in [0.1, 0.15) is 17.3 Å². The zero-order valence-corrected chi connectivity index (χ0v) is 8.77. The highest BCUT2D eigenvalue weighted by atomic mass is 35.5. The number of nitrogens with two attached hydrogens (primary N) is 1. The van der Waals surface area contributed by atoms with Gasteiger partial charge in [-0.25, -0.2) is 0 Å². The number of Topliss-reactive ketones (excluding diaryl/α,β-unsaturated/α-hetero) is 1. The highest BCUT2D eigenvalue weighted by Crippen LogP contribution is 2.19. The first-order chi connectivity index (χ1) is 6.02. The predicted octanol–water partition coefficient (Wildman–Crippen LogP) is 2.37. The van der Waals surface area contributed by atoms with Gasteiger partial charge in [0.15, 0.2) is 5.78 Å². The second-order valence-electron chi connectivity index (χ2n) is 2.75. The van der Waals surface area contributed by atoms with Crippen LogP contribution in [0.3, 0.4) is 0 Å². The Kier molecular flexibility index (Phi) is 3.22. The third-order valence-electron chi connectivity index (χ3n) is 1.66. The van der Waals surface area contributed by atoms with Crippen molar-refractivity contribution in [3.05, 3.63) is 23.8 Å². The van der Waals surface area contributed by atoms with Crippen LogP contribution in [0.2, 0.25) is 0 Å². The zero-order valence-electron chi connectivity index (χ0n) is 7.12. The Bertz CT molecular complexity index is 338. The van der Waals surface area contributed by atoms with Gasteiger partial charge in [0.1, 0.15) is 0 Å². The van der Waals surface area contributed by atoms with Crippen LogP contribution in [0.15, 0.2) is 23.1 Å². The van der Waals surface area contributed by atoms with Gasteiger partial charge in [0.05, 0.1) is 5.38 Å². The van der Waals surface area contributed by atoms with Crippen molar-refractivity contribution in [2.24, 2.45) is 0 Å². The summed E-state index contributed by atoms with van der Waals surface area (Å²) in [5.74, 6) is -0.160. The molecule has 13 heavy (non-hydrogen) atoms. The van der Waals surface area contributed by atoms with Gasteiger partial charge in [-0.1, -0.05) is 0 Å². The van der Waals surface area contributed by atoms with Crippen LogP contribution in [0.4, 0.5) is 5.69 Å². The Morgan fingerprint density at radius 2 is 2.23 bits per heavy atom. The fourth-order valence-electron chi connectivity index (χ4n) is 0.989. The second kappa shape index (κ2) is 4.03. The van der Waals surface area contributed by atoms with Crippen LogP contribution in [0.25, 0.3) is 0 Å². The van der Waals surface area contributed by atoms with Gasteiger partial charge in [-0.15, -0.1) is 24.2 Å². The van der Waals surface area contributed by atoms with Crippen molar-refractivity contribution in [3.8, 4) is 0 Å². The number of hydrogen-bond donors (Lipinski definition) is 2. The molecule has 1 unspecified atom stereocenters. The minimum Gasteiger partial charge on any atom is -0.398 e. The highest BCUT2D eigenvalue weighted by molar-refractivity contribution is 7.80. The molecule has 0 bridgehead atoms. The molecular weight excluding hydrogens is 206 g/mol. The maximum Gasteiger partial charge on any atom is 0.182 e. The fraction of sp³-hybridized carbons (Fsp3) is 0.222. The van der Waals surface area contributed by atoms with Gasteiger partial charge in [-0.05, 0) is 25.1 Å². The lowest BCUT2D eigenvalue weighted by Gasteiger charge is -2.06. The molecule has 0 radical (unpaired) electrons. The van der Waals surface area contributed by atoms with E-state index in [0.29, 0.717) is 11.3 Å². The maximum atomic E-state index is 11.4. The van der Waals surface area contributed by atoms with E-state index in [-0.39, 0.29) is 5.78 Å². The van der Waals surface area contributed by atoms with Crippen LogP contribution in [0, 0.1) is 0 Å². The summed E-state index contributed by atoms with van der Waals surface area (Å²) in [6, 6.07) is 4.99. The van der Waals surface area contributed by atoms with Crippen molar-refractivity contribution in [2.75, 3.05) is 5.73 Å². The molecule has 4 heteroatoms. The molecule has 1 rings (SSSR count). The molecule has 0 amide bonds. The van der Waals surface area contributed by atoms with Crippen LogP contribution in [-0.4, -0.2) is 11.2 Å². The number of halogens is 1. The molecule has 0 aliphatic rings. The molecule has 2 nitrogen and oxygen atoms in total. The van der Waals surface area contributed by atoms with Crippen molar-refractivity contribution in [3.63, 3.8) is 0 Å². The minimum absolute atomic E-state index is 0.160. The van der Waals surface area contributed by atoms with Crippen molar-refractivity contribution < 1.29 is 4.79 Å². The minimum atomic E-state index is -0.548.